The largest absolute Gasteiger partial charge is 0.508 e. The fourth-order valence-electron chi connectivity index (χ4n) is 2.29. The summed E-state index contributed by atoms with van der Waals surface area (Å²) >= 11 is 0. The van der Waals surface area contributed by atoms with Crippen molar-refractivity contribution in [2.75, 3.05) is 6.79 Å². The van der Waals surface area contributed by atoms with Crippen molar-refractivity contribution in [1.29, 1.82) is 0 Å². The molecule has 0 fully saturated rings. The number of ether oxygens (including phenoxy) is 2. The Balaban J connectivity index is 1.72. The van der Waals surface area contributed by atoms with Crippen LogP contribution in [0.3, 0.4) is 0 Å². The molecule has 2 N–H and O–H groups in total. The van der Waals surface area contributed by atoms with E-state index in [2.05, 4.69) is 10.3 Å². The fourth-order valence-corrected chi connectivity index (χ4v) is 2.29. The SMILES string of the molecule is Oc1cc(O)cc(-c2cn(-c3ccc4c(c3)OCO4)nn2)c1. The first-order valence-corrected chi connectivity index (χ1v) is 6.55. The van der Waals surface area contributed by atoms with E-state index in [-0.39, 0.29) is 18.3 Å². The summed E-state index contributed by atoms with van der Waals surface area (Å²) in [4.78, 5) is 0. The number of hydrogen-bond donors (Lipinski definition) is 2. The summed E-state index contributed by atoms with van der Waals surface area (Å²) in [5.41, 5.74) is 1.88. The van der Waals surface area contributed by atoms with Crippen molar-refractivity contribution in [2.24, 2.45) is 0 Å². The van der Waals surface area contributed by atoms with Crippen LogP contribution in [0.4, 0.5) is 0 Å². The summed E-state index contributed by atoms with van der Waals surface area (Å²) in [5, 5.41) is 27.2. The number of aromatic hydroxyl groups is 2. The molecule has 0 radical (unpaired) electrons. The normalized spacial score (nSPS) is 12.5. The molecule has 0 saturated heterocycles. The van der Waals surface area contributed by atoms with Gasteiger partial charge in [-0.3, -0.25) is 0 Å². The van der Waals surface area contributed by atoms with Crippen LogP contribution in [-0.2, 0) is 0 Å². The van der Waals surface area contributed by atoms with Gasteiger partial charge in [-0.05, 0) is 24.3 Å². The molecule has 2 heterocycles. The summed E-state index contributed by atoms with van der Waals surface area (Å²) < 4.78 is 12.2. The van der Waals surface area contributed by atoms with Crippen molar-refractivity contribution < 1.29 is 19.7 Å². The molecule has 1 aromatic heterocycles. The second-order valence-electron chi connectivity index (χ2n) is 4.82. The van der Waals surface area contributed by atoms with Crippen molar-refractivity contribution >= 4 is 0 Å². The first-order chi connectivity index (χ1) is 10.7. The van der Waals surface area contributed by atoms with E-state index in [1.165, 1.54) is 18.2 Å². The maximum Gasteiger partial charge on any atom is 0.231 e. The minimum atomic E-state index is -0.0346. The zero-order chi connectivity index (χ0) is 15.1. The molecule has 0 unspecified atom stereocenters. The van der Waals surface area contributed by atoms with Gasteiger partial charge >= 0.3 is 0 Å². The number of phenols is 2. The van der Waals surface area contributed by atoms with Gasteiger partial charge in [0.25, 0.3) is 0 Å². The lowest BCUT2D eigenvalue weighted by Crippen LogP contribution is -1.94. The molecule has 0 bridgehead atoms. The Kier molecular flexibility index (Phi) is 2.65. The molecule has 1 aliphatic heterocycles. The van der Waals surface area contributed by atoms with Gasteiger partial charge in [0.2, 0.25) is 6.79 Å². The molecule has 0 saturated carbocycles. The average Bonchev–Trinajstić information content (AvgIpc) is 3.14. The van der Waals surface area contributed by atoms with E-state index < -0.39 is 0 Å². The third-order valence-corrected chi connectivity index (χ3v) is 3.31. The number of fused-ring (bicyclic) bond motifs is 1. The number of phenolic OH excluding ortho intramolecular Hbond substituents is 2. The highest BCUT2D eigenvalue weighted by atomic mass is 16.7. The Labute approximate surface area is 125 Å². The smallest absolute Gasteiger partial charge is 0.231 e. The molecule has 4 rings (SSSR count). The highest BCUT2D eigenvalue weighted by Crippen LogP contribution is 2.34. The molecule has 3 aromatic rings. The maximum absolute atomic E-state index is 9.54. The summed E-state index contributed by atoms with van der Waals surface area (Å²) in [7, 11) is 0. The van der Waals surface area contributed by atoms with Crippen molar-refractivity contribution in [3.8, 4) is 39.9 Å². The van der Waals surface area contributed by atoms with Crippen LogP contribution in [0.5, 0.6) is 23.0 Å². The van der Waals surface area contributed by atoms with Crippen LogP contribution in [0.15, 0.2) is 42.6 Å². The second-order valence-corrected chi connectivity index (χ2v) is 4.82. The van der Waals surface area contributed by atoms with Crippen LogP contribution < -0.4 is 9.47 Å². The van der Waals surface area contributed by atoms with Crippen LogP contribution in [0.2, 0.25) is 0 Å². The monoisotopic (exact) mass is 297 g/mol. The van der Waals surface area contributed by atoms with Gasteiger partial charge < -0.3 is 19.7 Å². The van der Waals surface area contributed by atoms with Gasteiger partial charge in [0.05, 0.1) is 11.9 Å². The predicted molar refractivity (Wildman–Crippen MR) is 76.2 cm³/mol. The van der Waals surface area contributed by atoms with E-state index in [1.807, 2.05) is 6.07 Å². The molecule has 2 aromatic carbocycles. The topological polar surface area (TPSA) is 89.6 Å². The number of benzene rings is 2. The van der Waals surface area contributed by atoms with Crippen LogP contribution in [0.1, 0.15) is 0 Å². The number of aromatic nitrogens is 3. The van der Waals surface area contributed by atoms with E-state index in [1.54, 1.807) is 23.0 Å². The van der Waals surface area contributed by atoms with Gasteiger partial charge in [-0.15, -0.1) is 5.10 Å². The third kappa shape index (κ3) is 2.08. The Morgan fingerprint density at radius 1 is 0.955 bits per heavy atom. The standard InChI is InChI=1S/C15H11N3O4/c19-11-3-9(4-12(20)6-11)13-7-18(17-16-13)10-1-2-14-15(5-10)22-8-21-14/h1-7,19-20H,8H2. The van der Waals surface area contributed by atoms with E-state index in [9.17, 15) is 10.2 Å². The first-order valence-electron chi connectivity index (χ1n) is 6.55. The molecule has 0 amide bonds. The van der Waals surface area contributed by atoms with Gasteiger partial charge in [0, 0.05) is 17.7 Å². The summed E-state index contributed by atoms with van der Waals surface area (Å²) in [5.74, 6) is 1.28. The lowest BCUT2D eigenvalue weighted by atomic mass is 10.1. The molecule has 0 spiro atoms. The summed E-state index contributed by atoms with van der Waals surface area (Å²) in [6, 6.07) is 9.72. The molecule has 7 nitrogen and oxygen atoms in total. The van der Waals surface area contributed by atoms with Crippen molar-refractivity contribution in [1.82, 2.24) is 15.0 Å². The summed E-state index contributed by atoms with van der Waals surface area (Å²) in [6.45, 7) is 0.212. The van der Waals surface area contributed by atoms with Gasteiger partial charge in [-0.1, -0.05) is 5.21 Å². The molecule has 22 heavy (non-hydrogen) atoms. The minimum absolute atomic E-state index is 0.0346. The summed E-state index contributed by atoms with van der Waals surface area (Å²) in [6.07, 6.45) is 1.70. The zero-order valence-electron chi connectivity index (χ0n) is 11.3. The third-order valence-electron chi connectivity index (χ3n) is 3.31. The van der Waals surface area contributed by atoms with E-state index in [0.717, 1.165) is 5.69 Å². The molecule has 1 aliphatic rings. The number of nitrogens with zero attached hydrogens (tertiary/aromatic N) is 3. The Morgan fingerprint density at radius 3 is 2.55 bits per heavy atom. The van der Waals surface area contributed by atoms with Crippen LogP contribution in [-0.4, -0.2) is 32.0 Å². The highest BCUT2D eigenvalue weighted by molar-refractivity contribution is 5.63. The molecular weight excluding hydrogens is 286 g/mol. The van der Waals surface area contributed by atoms with Crippen molar-refractivity contribution in [2.45, 2.75) is 0 Å². The van der Waals surface area contributed by atoms with Gasteiger partial charge in [-0.25, -0.2) is 4.68 Å². The van der Waals surface area contributed by atoms with Gasteiger partial charge in [0.1, 0.15) is 17.2 Å². The van der Waals surface area contributed by atoms with E-state index in [4.69, 9.17) is 9.47 Å². The van der Waals surface area contributed by atoms with E-state index in [0.29, 0.717) is 22.8 Å². The van der Waals surface area contributed by atoms with Crippen molar-refractivity contribution in [3.05, 3.63) is 42.6 Å². The van der Waals surface area contributed by atoms with E-state index >= 15 is 0 Å². The number of hydrogen-bond acceptors (Lipinski definition) is 6. The highest BCUT2D eigenvalue weighted by Gasteiger charge is 2.15. The Bertz CT molecular complexity index is 839. The van der Waals surface area contributed by atoms with Gasteiger partial charge in [0.15, 0.2) is 11.5 Å². The molecule has 7 heteroatoms. The second kappa shape index (κ2) is 4.66. The minimum Gasteiger partial charge on any atom is -0.508 e. The molecule has 0 aliphatic carbocycles. The lowest BCUT2D eigenvalue weighted by molar-refractivity contribution is 0.174. The fraction of sp³-hybridized carbons (Fsp3) is 0.0667. The molecular formula is C15H11N3O4. The maximum atomic E-state index is 9.54. The Hall–Kier alpha value is -3.22. The Morgan fingerprint density at radius 2 is 1.73 bits per heavy atom. The van der Waals surface area contributed by atoms with Crippen LogP contribution in [0, 0.1) is 0 Å². The molecule has 110 valence electrons. The lowest BCUT2D eigenvalue weighted by Gasteiger charge is -2.02. The van der Waals surface area contributed by atoms with Crippen molar-refractivity contribution in [3.63, 3.8) is 0 Å². The van der Waals surface area contributed by atoms with Crippen LogP contribution in [0.25, 0.3) is 16.9 Å². The van der Waals surface area contributed by atoms with Crippen LogP contribution >= 0.6 is 0 Å². The van der Waals surface area contributed by atoms with Gasteiger partial charge in [-0.2, -0.15) is 0 Å². The number of rotatable bonds is 2. The average molecular weight is 297 g/mol. The molecule has 0 atom stereocenters. The quantitative estimate of drug-likeness (QED) is 0.752. The predicted octanol–water partition coefficient (Wildman–Crippen LogP) is 2.07. The zero-order valence-corrected chi connectivity index (χ0v) is 11.3. The first kappa shape index (κ1) is 12.5.